The highest BCUT2D eigenvalue weighted by Crippen LogP contribution is 2.20. The van der Waals surface area contributed by atoms with E-state index in [2.05, 4.69) is 31.2 Å². The molecule has 3 nitrogen and oxygen atoms in total. The second-order valence-electron chi connectivity index (χ2n) is 5.80. The van der Waals surface area contributed by atoms with Crippen LogP contribution in [0.25, 0.3) is 0 Å². The van der Waals surface area contributed by atoms with Gasteiger partial charge in [-0.2, -0.15) is 0 Å². The van der Waals surface area contributed by atoms with Gasteiger partial charge in [0.15, 0.2) is 0 Å². The van der Waals surface area contributed by atoms with Crippen molar-refractivity contribution in [1.82, 2.24) is 4.90 Å². The molecule has 0 aliphatic carbocycles. The predicted molar refractivity (Wildman–Crippen MR) is 80.5 cm³/mol. The molecule has 0 spiro atoms. The number of hydrogen-bond acceptors (Lipinski definition) is 2. The van der Waals surface area contributed by atoms with Crippen molar-refractivity contribution in [3.63, 3.8) is 0 Å². The Balaban J connectivity index is 1.80. The maximum atomic E-state index is 12.2. The van der Waals surface area contributed by atoms with Crippen molar-refractivity contribution in [2.24, 2.45) is 5.92 Å². The Hall–Kier alpha value is -1.35. The molecule has 1 amide bonds. The lowest BCUT2D eigenvalue weighted by Crippen LogP contribution is -2.30. The number of carbonyl (C=O) groups excluding carboxylic acids is 1. The maximum Gasteiger partial charge on any atom is 0.222 e. The molecule has 1 saturated heterocycles. The Morgan fingerprint density at radius 2 is 2.00 bits per heavy atom. The summed E-state index contributed by atoms with van der Waals surface area (Å²) in [5.41, 5.74) is 2.56. The molecule has 2 atom stereocenters. The number of aliphatic hydroxyl groups is 1. The average Bonchev–Trinajstić information content (AvgIpc) is 2.95. The van der Waals surface area contributed by atoms with E-state index in [-0.39, 0.29) is 17.9 Å². The van der Waals surface area contributed by atoms with Crippen LogP contribution in [0.1, 0.15) is 37.8 Å². The van der Waals surface area contributed by atoms with Gasteiger partial charge in [-0.05, 0) is 37.3 Å². The second-order valence-corrected chi connectivity index (χ2v) is 5.80. The van der Waals surface area contributed by atoms with Crippen LogP contribution in [0.2, 0.25) is 0 Å². The minimum absolute atomic E-state index is 0.215. The van der Waals surface area contributed by atoms with Gasteiger partial charge in [0.1, 0.15) is 0 Å². The van der Waals surface area contributed by atoms with E-state index in [9.17, 15) is 9.90 Å². The zero-order valence-corrected chi connectivity index (χ0v) is 12.5. The van der Waals surface area contributed by atoms with Crippen LogP contribution >= 0.6 is 0 Å². The summed E-state index contributed by atoms with van der Waals surface area (Å²) in [6.45, 7) is 5.47. The summed E-state index contributed by atoms with van der Waals surface area (Å²) in [5.74, 6) is 0.468. The van der Waals surface area contributed by atoms with Gasteiger partial charge >= 0.3 is 0 Å². The number of nitrogens with zero attached hydrogens (tertiary/aromatic N) is 1. The molecule has 1 aromatic rings. The third-order valence-electron chi connectivity index (χ3n) is 4.32. The van der Waals surface area contributed by atoms with E-state index >= 15 is 0 Å². The summed E-state index contributed by atoms with van der Waals surface area (Å²) in [4.78, 5) is 14.1. The molecular formula is C17H25NO2. The van der Waals surface area contributed by atoms with Crippen molar-refractivity contribution in [2.75, 3.05) is 13.1 Å². The molecule has 110 valence electrons. The third-order valence-corrected chi connectivity index (χ3v) is 4.32. The van der Waals surface area contributed by atoms with Crippen molar-refractivity contribution >= 4 is 5.91 Å². The highest BCUT2D eigenvalue weighted by molar-refractivity contribution is 5.76. The van der Waals surface area contributed by atoms with Crippen LogP contribution in [0.15, 0.2) is 24.3 Å². The van der Waals surface area contributed by atoms with Gasteiger partial charge in [-0.3, -0.25) is 4.79 Å². The molecule has 0 aromatic heterocycles. The number of amides is 1. The molecule has 1 heterocycles. The number of likely N-dealkylation sites (tertiary alicyclic amines) is 1. The van der Waals surface area contributed by atoms with Crippen LogP contribution in [-0.2, 0) is 17.6 Å². The lowest BCUT2D eigenvalue weighted by molar-refractivity contribution is -0.130. The fourth-order valence-electron chi connectivity index (χ4n) is 2.76. The largest absolute Gasteiger partial charge is 0.393 e. The Morgan fingerprint density at radius 1 is 1.35 bits per heavy atom. The van der Waals surface area contributed by atoms with Crippen molar-refractivity contribution in [3.05, 3.63) is 35.4 Å². The van der Waals surface area contributed by atoms with E-state index in [4.69, 9.17) is 0 Å². The molecular weight excluding hydrogens is 250 g/mol. The molecule has 1 aromatic carbocycles. The van der Waals surface area contributed by atoms with Gasteiger partial charge in [0.2, 0.25) is 5.91 Å². The smallest absolute Gasteiger partial charge is 0.222 e. The maximum absolute atomic E-state index is 12.2. The van der Waals surface area contributed by atoms with E-state index in [1.165, 1.54) is 11.1 Å². The van der Waals surface area contributed by atoms with Crippen molar-refractivity contribution in [3.8, 4) is 0 Å². The number of aliphatic hydroxyl groups excluding tert-OH is 1. The monoisotopic (exact) mass is 275 g/mol. The Kier molecular flexibility index (Phi) is 5.18. The van der Waals surface area contributed by atoms with E-state index in [1.54, 1.807) is 0 Å². The van der Waals surface area contributed by atoms with Crippen LogP contribution in [0.5, 0.6) is 0 Å². The topological polar surface area (TPSA) is 40.5 Å². The first-order valence-electron chi connectivity index (χ1n) is 7.63. The standard InChI is InChI=1S/C17H25NO2/c1-3-14-4-6-15(7-5-14)8-9-17(20)18-11-10-16(12-18)13(2)19/h4-7,13,16,19H,3,8-12H2,1-2H3. The van der Waals surface area contributed by atoms with E-state index in [0.717, 1.165) is 25.8 Å². The molecule has 1 fully saturated rings. The first-order chi connectivity index (χ1) is 9.60. The predicted octanol–water partition coefficient (Wildman–Crippen LogP) is 2.41. The third kappa shape index (κ3) is 3.83. The molecule has 1 N–H and O–H groups in total. The number of carbonyl (C=O) groups is 1. The molecule has 2 rings (SSSR count). The second kappa shape index (κ2) is 6.89. The molecule has 0 saturated carbocycles. The number of hydrogen-bond donors (Lipinski definition) is 1. The average molecular weight is 275 g/mol. The van der Waals surface area contributed by atoms with Gasteiger partial charge in [-0.15, -0.1) is 0 Å². The van der Waals surface area contributed by atoms with Crippen LogP contribution in [-0.4, -0.2) is 35.1 Å². The van der Waals surface area contributed by atoms with E-state index < -0.39 is 0 Å². The minimum atomic E-state index is -0.311. The Labute approximate surface area is 121 Å². The quantitative estimate of drug-likeness (QED) is 0.896. The van der Waals surface area contributed by atoms with Crippen LogP contribution in [0.4, 0.5) is 0 Å². The normalized spacial score (nSPS) is 20.1. The van der Waals surface area contributed by atoms with Gasteiger partial charge in [0.25, 0.3) is 0 Å². The summed E-state index contributed by atoms with van der Waals surface area (Å²) in [6.07, 6.45) is 3.04. The molecule has 2 unspecified atom stereocenters. The van der Waals surface area contributed by atoms with Gasteiger partial charge < -0.3 is 10.0 Å². The summed E-state index contributed by atoms with van der Waals surface area (Å²) < 4.78 is 0. The zero-order valence-electron chi connectivity index (χ0n) is 12.5. The van der Waals surface area contributed by atoms with E-state index in [1.807, 2.05) is 11.8 Å². The minimum Gasteiger partial charge on any atom is -0.393 e. The Morgan fingerprint density at radius 3 is 2.55 bits per heavy atom. The molecule has 3 heteroatoms. The SMILES string of the molecule is CCc1ccc(CCC(=O)N2CCC(C(C)O)C2)cc1. The van der Waals surface area contributed by atoms with Gasteiger partial charge in [-0.25, -0.2) is 0 Å². The van der Waals surface area contributed by atoms with Crippen molar-refractivity contribution in [2.45, 2.75) is 45.6 Å². The highest BCUT2D eigenvalue weighted by Gasteiger charge is 2.28. The van der Waals surface area contributed by atoms with Crippen LogP contribution in [0, 0.1) is 5.92 Å². The fourth-order valence-corrected chi connectivity index (χ4v) is 2.76. The fraction of sp³-hybridized carbons (Fsp3) is 0.588. The molecule has 0 radical (unpaired) electrons. The van der Waals surface area contributed by atoms with E-state index in [0.29, 0.717) is 13.0 Å². The molecule has 20 heavy (non-hydrogen) atoms. The summed E-state index contributed by atoms with van der Waals surface area (Å²) in [7, 11) is 0. The van der Waals surface area contributed by atoms with Crippen LogP contribution < -0.4 is 0 Å². The number of rotatable bonds is 5. The van der Waals surface area contributed by atoms with Crippen molar-refractivity contribution < 1.29 is 9.90 Å². The number of benzene rings is 1. The lowest BCUT2D eigenvalue weighted by Gasteiger charge is -2.17. The van der Waals surface area contributed by atoms with Crippen molar-refractivity contribution in [1.29, 1.82) is 0 Å². The summed E-state index contributed by atoms with van der Waals surface area (Å²) in [5, 5.41) is 9.57. The molecule has 1 aliphatic heterocycles. The summed E-state index contributed by atoms with van der Waals surface area (Å²) in [6, 6.07) is 8.52. The number of aryl methyl sites for hydroxylation is 2. The molecule has 1 aliphatic rings. The Bertz CT molecular complexity index is 439. The van der Waals surface area contributed by atoms with Gasteiger partial charge in [-0.1, -0.05) is 31.2 Å². The summed E-state index contributed by atoms with van der Waals surface area (Å²) >= 11 is 0. The van der Waals surface area contributed by atoms with Crippen LogP contribution in [0.3, 0.4) is 0 Å². The lowest BCUT2D eigenvalue weighted by atomic mass is 10.0. The first-order valence-corrected chi connectivity index (χ1v) is 7.63. The zero-order chi connectivity index (χ0) is 14.5. The first kappa shape index (κ1) is 15.0. The van der Waals surface area contributed by atoms with Gasteiger partial charge in [0.05, 0.1) is 6.10 Å². The highest BCUT2D eigenvalue weighted by atomic mass is 16.3. The van der Waals surface area contributed by atoms with Gasteiger partial charge in [0, 0.05) is 25.4 Å². The molecule has 0 bridgehead atoms.